The second-order valence-corrected chi connectivity index (χ2v) is 7.55. The van der Waals surface area contributed by atoms with Gasteiger partial charge in [-0.1, -0.05) is 26.0 Å². The molecule has 3 rings (SSSR count). The van der Waals surface area contributed by atoms with E-state index in [1.807, 2.05) is 25.2 Å². The molecular formula is C22H22F3N3O4. The Balaban J connectivity index is 1.72. The lowest BCUT2D eigenvalue weighted by atomic mass is 10.1. The van der Waals surface area contributed by atoms with E-state index in [1.165, 1.54) is 18.2 Å². The third-order valence-corrected chi connectivity index (χ3v) is 4.89. The number of alkyl halides is 2. The van der Waals surface area contributed by atoms with Crippen molar-refractivity contribution in [1.29, 1.82) is 0 Å². The Bertz CT molecular complexity index is 1080. The molecule has 0 aliphatic carbocycles. The van der Waals surface area contributed by atoms with Crippen molar-refractivity contribution in [1.82, 2.24) is 5.32 Å². The number of anilines is 3. The highest BCUT2D eigenvalue weighted by atomic mass is 19.3. The molecule has 2 N–H and O–H groups in total. The molecule has 1 fully saturated rings. The molecule has 0 radical (unpaired) electrons. The second kappa shape index (κ2) is 9.71. The first-order valence-corrected chi connectivity index (χ1v) is 9.90. The van der Waals surface area contributed by atoms with Crippen molar-refractivity contribution >= 4 is 29.1 Å². The Hall–Kier alpha value is -3.56. The molecule has 0 aromatic heterocycles. The molecule has 2 aromatic rings. The molecule has 1 aliphatic heterocycles. The standard InChI is InChI=1S/C22H22F3N3O4/c1-12(2)13-4-3-5-18(19(29)8-13)27-17-7-6-14(9-16(17)23)28-11-15(32-22(28)31)10-26-21(30)20(24)25/h3-9,12,15,20H,10-11H2,1-2H3,(H,26,30)(H,27,29)/t15-/m0/s1. The highest BCUT2D eigenvalue weighted by molar-refractivity contribution is 5.90. The number of amides is 2. The third kappa shape index (κ3) is 5.37. The normalized spacial score (nSPS) is 15.8. The van der Waals surface area contributed by atoms with Crippen LogP contribution in [-0.4, -0.2) is 37.6 Å². The molecule has 1 heterocycles. The molecule has 1 saturated heterocycles. The van der Waals surface area contributed by atoms with E-state index in [2.05, 4.69) is 5.32 Å². The van der Waals surface area contributed by atoms with Gasteiger partial charge in [0.2, 0.25) is 5.43 Å². The Kier molecular flexibility index (Phi) is 7.01. The van der Waals surface area contributed by atoms with Crippen LogP contribution in [0.3, 0.4) is 0 Å². The van der Waals surface area contributed by atoms with E-state index >= 15 is 0 Å². The number of rotatable bonds is 7. The van der Waals surface area contributed by atoms with Crippen molar-refractivity contribution in [2.24, 2.45) is 0 Å². The minimum atomic E-state index is -3.17. The maximum atomic E-state index is 14.7. The van der Waals surface area contributed by atoms with E-state index in [-0.39, 0.29) is 41.5 Å². The highest BCUT2D eigenvalue weighted by Gasteiger charge is 2.33. The zero-order valence-corrected chi connectivity index (χ0v) is 17.4. The molecule has 1 aliphatic rings. The quantitative estimate of drug-likeness (QED) is 0.672. The number of carbonyl (C=O) groups excluding carboxylic acids is 2. The predicted octanol–water partition coefficient (Wildman–Crippen LogP) is 3.76. The molecule has 7 nitrogen and oxygen atoms in total. The number of ether oxygens (including phenoxy) is 1. The minimum Gasteiger partial charge on any atom is -0.442 e. The van der Waals surface area contributed by atoms with E-state index in [9.17, 15) is 27.6 Å². The number of halogens is 3. The van der Waals surface area contributed by atoms with E-state index < -0.39 is 30.3 Å². The lowest BCUT2D eigenvalue weighted by molar-refractivity contribution is -0.132. The average Bonchev–Trinajstić information content (AvgIpc) is 3.00. The van der Waals surface area contributed by atoms with Gasteiger partial charge in [-0.3, -0.25) is 14.5 Å². The lowest BCUT2D eigenvalue weighted by Crippen LogP contribution is -2.37. The van der Waals surface area contributed by atoms with Crippen molar-refractivity contribution < 1.29 is 27.5 Å². The molecule has 2 aromatic carbocycles. The monoisotopic (exact) mass is 449 g/mol. The van der Waals surface area contributed by atoms with Crippen LogP contribution in [0.2, 0.25) is 0 Å². The Labute approximate surface area is 182 Å². The summed E-state index contributed by atoms with van der Waals surface area (Å²) < 4.78 is 44.3. The number of nitrogens with one attached hydrogen (secondary N) is 2. The van der Waals surface area contributed by atoms with Crippen LogP contribution in [0.15, 0.2) is 47.3 Å². The van der Waals surface area contributed by atoms with Gasteiger partial charge in [-0.2, -0.15) is 8.78 Å². The van der Waals surface area contributed by atoms with Crippen molar-refractivity contribution in [3.63, 3.8) is 0 Å². The zero-order valence-electron chi connectivity index (χ0n) is 17.4. The van der Waals surface area contributed by atoms with Crippen molar-refractivity contribution in [3.05, 3.63) is 64.1 Å². The summed E-state index contributed by atoms with van der Waals surface area (Å²) >= 11 is 0. The minimum absolute atomic E-state index is 0.0384. The molecule has 2 amide bonds. The average molecular weight is 449 g/mol. The summed E-state index contributed by atoms with van der Waals surface area (Å²) in [4.78, 5) is 36.6. The summed E-state index contributed by atoms with van der Waals surface area (Å²) in [6, 6.07) is 10.5. The third-order valence-electron chi connectivity index (χ3n) is 4.89. The van der Waals surface area contributed by atoms with Crippen LogP contribution in [0.5, 0.6) is 0 Å². The van der Waals surface area contributed by atoms with Gasteiger partial charge in [0, 0.05) is 0 Å². The van der Waals surface area contributed by atoms with Gasteiger partial charge in [0.1, 0.15) is 11.9 Å². The Morgan fingerprint density at radius 1 is 1.16 bits per heavy atom. The van der Waals surface area contributed by atoms with E-state index in [1.54, 1.807) is 12.1 Å². The number of benzene rings is 1. The van der Waals surface area contributed by atoms with Gasteiger partial charge in [-0.15, -0.1) is 0 Å². The molecule has 0 unspecified atom stereocenters. The molecule has 0 saturated carbocycles. The van der Waals surface area contributed by atoms with Crippen molar-refractivity contribution in [3.8, 4) is 0 Å². The SMILES string of the molecule is CC(C)c1cccc(Nc2ccc(N3C[C@H](CNC(=O)C(F)F)OC3=O)cc2F)c(=O)c1. The molecule has 32 heavy (non-hydrogen) atoms. The van der Waals surface area contributed by atoms with Gasteiger partial charge in [-0.25, -0.2) is 9.18 Å². The van der Waals surface area contributed by atoms with Crippen molar-refractivity contribution in [2.75, 3.05) is 23.3 Å². The van der Waals surface area contributed by atoms with E-state index in [0.29, 0.717) is 0 Å². The van der Waals surface area contributed by atoms with Crippen LogP contribution in [0.25, 0.3) is 0 Å². The molecule has 10 heteroatoms. The fourth-order valence-electron chi connectivity index (χ4n) is 3.13. The topological polar surface area (TPSA) is 87.7 Å². The van der Waals surface area contributed by atoms with Crippen LogP contribution >= 0.6 is 0 Å². The van der Waals surface area contributed by atoms with Gasteiger partial charge >= 0.3 is 12.5 Å². The first-order chi connectivity index (χ1) is 15.2. The first-order valence-electron chi connectivity index (χ1n) is 9.90. The van der Waals surface area contributed by atoms with Gasteiger partial charge in [0.15, 0.2) is 0 Å². The van der Waals surface area contributed by atoms with E-state index in [0.717, 1.165) is 16.5 Å². The smallest absolute Gasteiger partial charge is 0.414 e. The molecule has 0 bridgehead atoms. The Morgan fingerprint density at radius 3 is 2.56 bits per heavy atom. The van der Waals surface area contributed by atoms with Crippen LogP contribution in [0, 0.1) is 5.82 Å². The predicted molar refractivity (Wildman–Crippen MR) is 113 cm³/mol. The molecule has 170 valence electrons. The number of nitrogens with zero attached hydrogens (tertiary/aromatic N) is 1. The summed E-state index contributed by atoms with van der Waals surface area (Å²) in [5.74, 6) is -2.01. The maximum absolute atomic E-state index is 14.7. The van der Waals surface area contributed by atoms with Crippen LogP contribution < -0.4 is 21.0 Å². The second-order valence-electron chi connectivity index (χ2n) is 7.55. The highest BCUT2D eigenvalue weighted by Crippen LogP contribution is 2.27. The number of hydrogen-bond acceptors (Lipinski definition) is 5. The number of cyclic esters (lactones) is 1. The van der Waals surface area contributed by atoms with Gasteiger partial charge < -0.3 is 15.4 Å². The molecule has 0 spiro atoms. The summed E-state index contributed by atoms with van der Waals surface area (Å²) in [7, 11) is 0. The lowest BCUT2D eigenvalue weighted by Gasteiger charge is -2.15. The van der Waals surface area contributed by atoms with Gasteiger partial charge in [-0.05, 0) is 41.8 Å². The van der Waals surface area contributed by atoms with Crippen LogP contribution in [-0.2, 0) is 9.53 Å². The van der Waals surface area contributed by atoms with Crippen LogP contribution in [0.4, 0.5) is 35.0 Å². The summed E-state index contributed by atoms with van der Waals surface area (Å²) in [6.07, 6.45) is -4.82. The summed E-state index contributed by atoms with van der Waals surface area (Å²) in [5, 5.41) is 4.74. The number of hydrogen-bond donors (Lipinski definition) is 2. The first kappa shape index (κ1) is 23.1. The van der Waals surface area contributed by atoms with Gasteiger partial charge in [0.25, 0.3) is 5.91 Å². The molecule has 1 atom stereocenters. The zero-order chi connectivity index (χ0) is 23.4. The maximum Gasteiger partial charge on any atom is 0.414 e. The fraction of sp³-hybridized carbons (Fsp3) is 0.318. The Morgan fingerprint density at radius 2 is 1.91 bits per heavy atom. The van der Waals surface area contributed by atoms with E-state index in [4.69, 9.17) is 4.74 Å². The van der Waals surface area contributed by atoms with Crippen LogP contribution in [0.1, 0.15) is 25.3 Å². The van der Waals surface area contributed by atoms with Crippen molar-refractivity contribution in [2.45, 2.75) is 32.3 Å². The fourth-order valence-corrected chi connectivity index (χ4v) is 3.13. The largest absolute Gasteiger partial charge is 0.442 e. The summed E-state index contributed by atoms with van der Waals surface area (Å²) in [6.45, 7) is 3.58. The molecular weight excluding hydrogens is 427 g/mol. The van der Waals surface area contributed by atoms with Gasteiger partial charge in [0.05, 0.1) is 30.2 Å². The summed E-state index contributed by atoms with van der Waals surface area (Å²) in [5.41, 5.74) is 0.976. The number of carbonyl (C=O) groups is 2.